The molecule has 0 aromatic heterocycles. The van der Waals surface area contributed by atoms with Crippen LogP contribution in [0.25, 0.3) is 10.8 Å². The van der Waals surface area contributed by atoms with Crippen LogP contribution in [0.15, 0.2) is 98.1 Å². The minimum absolute atomic E-state index is 0.177. The van der Waals surface area contributed by atoms with Gasteiger partial charge in [-0.05, 0) is 61.1 Å². The van der Waals surface area contributed by atoms with Crippen molar-refractivity contribution in [3.05, 3.63) is 104 Å². The van der Waals surface area contributed by atoms with Crippen molar-refractivity contribution >= 4 is 40.2 Å². The second-order valence-electron chi connectivity index (χ2n) is 13.8. The zero-order chi connectivity index (χ0) is 36.3. The number of hydrogen-bond acceptors (Lipinski definition) is 7. The first-order valence-corrected chi connectivity index (χ1v) is 17.9. The number of benzene rings is 3. The molecule has 3 amide bonds. The fourth-order valence-electron chi connectivity index (χ4n) is 8.33. The number of carbonyl (C=O) groups excluding carboxylic acids is 4. The normalized spacial score (nSPS) is 25.2. The fraction of sp³-hybridized carbons (Fsp3) is 0.415. The number of hydrogen-bond donors (Lipinski definition) is 2. The molecule has 0 aliphatic carbocycles. The van der Waals surface area contributed by atoms with Crippen LogP contribution in [0, 0.1) is 11.8 Å². The van der Waals surface area contributed by atoms with Gasteiger partial charge in [0.15, 0.2) is 0 Å². The van der Waals surface area contributed by atoms with Crippen LogP contribution < -0.4 is 10.2 Å². The molecule has 0 saturated carbocycles. The van der Waals surface area contributed by atoms with E-state index in [2.05, 4.69) is 18.5 Å². The summed E-state index contributed by atoms with van der Waals surface area (Å²) in [6, 6.07) is 20.4. The Morgan fingerprint density at radius 3 is 2.49 bits per heavy atom. The molecule has 3 aliphatic heterocycles. The van der Waals surface area contributed by atoms with Crippen LogP contribution in [0.3, 0.4) is 0 Å². The van der Waals surface area contributed by atoms with Crippen LogP contribution in [0.5, 0.6) is 0 Å². The first kappa shape index (κ1) is 36.0. The lowest BCUT2D eigenvalue weighted by Crippen LogP contribution is -2.59. The van der Waals surface area contributed by atoms with Gasteiger partial charge in [-0.2, -0.15) is 0 Å². The standard InChI is InChI=1S/C41H47N3O7/c1-5-8-18-33(46)42-26(4)36(28-15-10-9-11-16-28)50-40(49)34-32-21-22-41(51-32)35(34)38(47)44(30(7-3)25-45)37(41)39(48)43(23-6-2)31-20-19-27-14-12-13-17-29(27)24-31/h5-6,9-17,19-20,24,26,30,32,34-37,45H,1-2,7-8,18,21-23,25H2,3-4H3,(H,42,46)/t26-,30+,32+,34-,35-,36-,37+,41-/m1/s1. The lowest BCUT2D eigenvalue weighted by atomic mass is 9.70. The van der Waals surface area contributed by atoms with E-state index in [-0.39, 0.29) is 31.4 Å². The summed E-state index contributed by atoms with van der Waals surface area (Å²) in [4.78, 5) is 59.8. The molecule has 3 heterocycles. The van der Waals surface area contributed by atoms with Gasteiger partial charge in [0.05, 0.1) is 36.6 Å². The Morgan fingerprint density at radius 2 is 1.80 bits per heavy atom. The predicted molar refractivity (Wildman–Crippen MR) is 194 cm³/mol. The number of allylic oxidation sites excluding steroid dienone is 1. The number of fused-ring (bicyclic) bond motifs is 2. The van der Waals surface area contributed by atoms with Crippen LogP contribution in [0.4, 0.5) is 5.69 Å². The molecule has 8 atom stereocenters. The van der Waals surface area contributed by atoms with Gasteiger partial charge in [0.2, 0.25) is 11.8 Å². The molecule has 2 bridgehead atoms. The Hall–Kier alpha value is -4.80. The van der Waals surface area contributed by atoms with Gasteiger partial charge in [0.25, 0.3) is 5.91 Å². The summed E-state index contributed by atoms with van der Waals surface area (Å²) in [7, 11) is 0. The molecular weight excluding hydrogens is 646 g/mol. The third kappa shape index (κ3) is 6.58. The van der Waals surface area contributed by atoms with Crippen molar-refractivity contribution in [1.82, 2.24) is 10.2 Å². The Bertz CT molecular complexity index is 1790. The lowest BCUT2D eigenvalue weighted by Gasteiger charge is -2.39. The van der Waals surface area contributed by atoms with Gasteiger partial charge in [-0.1, -0.05) is 79.7 Å². The Kier molecular flexibility index (Phi) is 10.7. The summed E-state index contributed by atoms with van der Waals surface area (Å²) in [5.41, 5.74) is 0.0327. The molecule has 0 unspecified atom stereocenters. The monoisotopic (exact) mass is 693 g/mol. The summed E-state index contributed by atoms with van der Waals surface area (Å²) in [5, 5.41) is 15.4. The van der Waals surface area contributed by atoms with Crippen LogP contribution in [0.2, 0.25) is 0 Å². The zero-order valence-corrected chi connectivity index (χ0v) is 29.3. The van der Waals surface area contributed by atoms with Gasteiger partial charge in [-0.3, -0.25) is 19.2 Å². The second kappa shape index (κ2) is 15.2. The molecule has 0 radical (unpaired) electrons. The number of carbonyl (C=O) groups is 4. The highest BCUT2D eigenvalue weighted by molar-refractivity contribution is 6.05. The summed E-state index contributed by atoms with van der Waals surface area (Å²) >= 11 is 0. The Labute approximate surface area is 299 Å². The number of ether oxygens (including phenoxy) is 2. The van der Waals surface area contributed by atoms with E-state index < -0.39 is 59.6 Å². The van der Waals surface area contributed by atoms with Crippen molar-refractivity contribution in [3.63, 3.8) is 0 Å². The van der Waals surface area contributed by atoms with Gasteiger partial charge in [0.1, 0.15) is 17.7 Å². The van der Waals surface area contributed by atoms with Gasteiger partial charge < -0.3 is 29.7 Å². The molecule has 6 rings (SSSR count). The average molecular weight is 694 g/mol. The van der Waals surface area contributed by atoms with Crippen molar-refractivity contribution in [2.24, 2.45) is 11.8 Å². The first-order valence-electron chi connectivity index (χ1n) is 17.9. The van der Waals surface area contributed by atoms with Crippen LogP contribution in [-0.2, 0) is 28.7 Å². The maximum atomic E-state index is 15.0. The van der Waals surface area contributed by atoms with E-state index in [1.54, 1.807) is 24.0 Å². The predicted octanol–water partition coefficient (Wildman–Crippen LogP) is 5.26. The van der Waals surface area contributed by atoms with Crippen molar-refractivity contribution < 1.29 is 33.8 Å². The number of rotatable bonds is 15. The van der Waals surface area contributed by atoms with E-state index in [0.29, 0.717) is 36.9 Å². The molecule has 10 nitrogen and oxygen atoms in total. The van der Waals surface area contributed by atoms with Gasteiger partial charge in [0, 0.05) is 18.7 Å². The van der Waals surface area contributed by atoms with Gasteiger partial charge in [-0.15, -0.1) is 13.2 Å². The maximum absolute atomic E-state index is 15.0. The summed E-state index contributed by atoms with van der Waals surface area (Å²) < 4.78 is 12.9. The number of anilines is 1. The number of nitrogens with zero attached hydrogens (tertiary/aromatic N) is 2. The molecule has 3 aromatic carbocycles. The lowest BCUT2D eigenvalue weighted by molar-refractivity contribution is -0.162. The van der Waals surface area contributed by atoms with Crippen molar-refractivity contribution in [3.8, 4) is 0 Å². The topological polar surface area (TPSA) is 125 Å². The number of aliphatic hydroxyl groups excluding tert-OH is 1. The first-order chi connectivity index (χ1) is 24.7. The largest absolute Gasteiger partial charge is 0.455 e. The highest BCUT2D eigenvalue weighted by atomic mass is 16.6. The van der Waals surface area contributed by atoms with E-state index in [9.17, 15) is 24.3 Å². The summed E-state index contributed by atoms with van der Waals surface area (Å²) in [5.74, 6) is -3.56. The number of aliphatic hydroxyl groups is 1. The second-order valence-corrected chi connectivity index (χ2v) is 13.8. The van der Waals surface area contributed by atoms with Gasteiger partial charge in [-0.25, -0.2) is 0 Å². The Morgan fingerprint density at radius 1 is 1.08 bits per heavy atom. The number of likely N-dealkylation sites (tertiary alicyclic amines) is 1. The highest BCUT2D eigenvalue weighted by Crippen LogP contribution is 2.59. The molecule has 2 N–H and O–H groups in total. The van der Waals surface area contributed by atoms with Crippen molar-refractivity contribution in [2.75, 3.05) is 18.1 Å². The van der Waals surface area contributed by atoms with Crippen molar-refractivity contribution in [1.29, 1.82) is 0 Å². The molecule has 10 heteroatoms. The van der Waals surface area contributed by atoms with Crippen molar-refractivity contribution in [2.45, 2.75) is 81.9 Å². The minimum Gasteiger partial charge on any atom is -0.455 e. The van der Waals surface area contributed by atoms with E-state index in [1.165, 1.54) is 4.90 Å². The number of esters is 1. The quantitative estimate of drug-likeness (QED) is 0.164. The average Bonchev–Trinajstić information content (AvgIpc) is 3.80. The third-order valence-corrected chi connectivity index (χ3v) is 10.7. The summed E-state index contributed by atoms with van der Waals surface area (Å²) in [6.45, 7) is 11.0. The number of amides is 3. The maximum Gasteiger partial charge on any atom is 0.313 e. The smallest absolute Gasteiger partial charge is 0.313 e. The molecule has 268 valence electrons. The van der Waals surface area contributed by atoms with E-state index in [0.717, 1.165) is 10.8 Å². The van der Waals surface area contributed by atoms with E-state index >= 15 is 0 Å². The van der Waals surface area contributed by atoms with Crippen LogP contribution >= 0.6 is 0 Å². The molecule has 3 aliphatic rings. The summed E-state index contributed by atoms with van der Waals surface area (Å²) in [6.07, 6.45) is 3.83. The Balaban J connectivity index is 1.35. The SMILES string of the molecule is C=CCCC(=O)N[C@H](C)[C@@H](OC(=O)[C@@H]1[C@@H]2CC[C@]3(O2)[C@H](C(=O)N(CC=C)c2ccc4ccccc4c2)N([C@@H](CC)CO)C(=O)[C@@H]13)c1ccccc1. The van der Waals surface area contributed by atoms with E-state index in [1.807, 2.05) is 79.7 Å². The number of nitrogens with one attached hydrogen (secondary N) is 1. The fourth-order valence-corrected chi connectivity index (χ4v) is 8.33. The molecule has 1 spiro atoms. The third-order valence-electron chi connectivity index (χ3n) is 10.7. The molecule has 3 fully saturated rings. The molecule has 3 aromatic rings. The van der Waals surface area contributed by atoms with Gasteiger partial charge >= 0.3 is 5.97 Å². The van der Waals surface area contributed by atoms with Crippen LogP contribution in [-0.4, -0.2) is 76.7 Å². The highest BCUT2D eigenvalue weighted by Gasteiger charge is 2.75. The minimum atomic E-state index is -1.30. The van der Waals surface area contributed by atoms with Crippen LogP contribution in [0.1, 0.15) is 57.6 Å². The van der Waals surface area contributed by atoms with E-state index in [4.69, 9.17) is 9.47 Å². The molecular formula is C41H47N3O7. The molecule has 3 saturated heterocycles. The zero-order valence-electron chi connectivity index (χ0n) is 29.3. The molecule has 51 heavy (non-hydrogen) atoms.